The summed E-state index contributed by atoms with van der Waals surface area (Å²) < 4.78 is 38.1. The van der Waals surface area contributed by atoms with E-state index in [1.165, 1.54) is 23.5 Å². The van der Waals surface area contributed by atoms with Crippen LogP contribution >= 0.6 is 11.3 Å². The molecular weight excluding hydrogens is 412 g/mol. The number of esters is 1. The molecule has 1 fully saturated rings. The van der Waals surface area contributed by atoms with Crippen LogP contribution in [0.5, 0.6) is 0 Å². The van der Waals surface area contributed by atoms with Gasteiger partial charge < -0.3 is 14.4 Å². The maximum Gasteiger partial charge on any atom is 0.314 e. The van der Waals surface area contributed by atoms with Crippen LogP contribution in [0.25, 0.3) is 0 Å². The van der Waals surface area contributed by atoms with Gasteiger partial charge in [-0.3, -0.25) is 9.59 Å². The van der Waals surface area contributed by atoms with Crippen molar-refractivity contribution in [3.8, 4) is 0 Å². The van der Waals surface area contributed by atoms with Crippen molar-refractivity contribution in [1.29, 1.82) is 0 Å². The summed E-state index contributed by atoms with van der Waals surface area (Å²) in [6, 6.07) is 6.93. The van der Waals surface area contributed by atoms with E-state index in [4.69, 9.17) is 9.47 Å². The first-order valence-electron chi connectivity index (χ1n) is 9.86. The van der Waals surface area contributed by atoms with Crippen molar-refractivity contribution in [2.45, 2.75) is 32.8 Å². The Labute approximate surface area is 178 Å². The minimum Gasteiger partial charge on any atom is -0.466 e. The normalized spacial score (nSPS) is 19.0. The van der Waals surface area contributed by atoms with Crippen molar-refractivity contribution in [2.75, 3.05) is 26.8 Å². The van der Waals surface area contributed by atoms with E-state index >= 15 is 0 Å². The van der Waals surface area contributed by atoms with E-state index in [-0.39, 0.29) is 31.0 Å². The Kier molecular flexibility index (Phi) is 7.20. The predicted octanol–water partition coefficient (Wildman–Crippen LogP) is 4.20. The van der Waals surface area contributed by atoms with E-state index < -0.39 is 23.0 Å². The third-order valence-corrected chi connectivity index (χ3v) is 6.32. The molecule has 1 aromatic carbocycles. The highest BCUT2D eigenvalue weighted by Crippen LogP contribution is 2.37. The molecule has 0 N–H and O–H groups in total. The summed E-state index contributed by atoms with van der Waals surface area (Å²) in [7, 11) is 1.59. The van der Waals surface area contributed by atoms with Gasteiger partial charge in [0.05, 0.1) is 23.5 Å². The predicted molar refractivity (Wildman–Crippen MR) is 109 cm³/mol. The average molecular weight is 438 g/mol. The third kappa shape index (κ3) is 4.87. The number of carbonyl (C=O) groups excluding carboxylic acids is 2. The monoisotopic (exact) mass is 437 g/mol. The number of hydrogen-bond donors (Lipinski definition) is 0. The fourth-order valence-electron chi connectivity index (χ4n) is 3.87. The second-order valence-electron chi connectivity index (χ2n) is 7.44. The van der Waals surface area contributed by atoms with Gasteiger partial charge >= 0.3 is 5.97 Å². The van der Waals surface area contributed by atoms with Crippen LogP contribution in [0.3, 0.4) is 0 Å². The molecule has 0 spiro atoms. The highest BCUT2D eigenvalue weighted by Gasteiger charge is 2.45. The lowest BCUT2D eigenvalue weighted by Crippen LogP contribution is -2.51. The SMILES string of the molecule is CCOC(=O)[C@@]1(Cc2ccc(F)cc2F)CCCN(C(=O)c2ccc(COC)s2)C1. The summed E-state index contributed by atoms with van der Waals surface area (Å²) in [5, 5.41) is 0. The van der Waals surface area contributed by atoms with E-state index in [0.717, 1.165) is 10.9 Å². The van der Waals surface area contributed by atoms with Crippen LogP contribution in [0.1, 0.15) is 39.9 Å². The summed E-state index contributed by atoms with van der Waals surface area (Å²) in [5.74, 6) is -2.01. The first-order chi connectivity index (χ1) is 14.4. The lowest BCUT2D eigenvalue weighted by atomic mass is 9.75. The number of ether oxygens (including phenoxy) is 2. The van der Waals surface area contributed by atoms with Crippen LogP contribution in [-0.4, -0.2) is 43.6 Å². The summed E-state index contributed by atoms with van der Waals surface area (Å²) in [5.41, 5.74) is -0.841. The fraction of sp³-hybridized carbons (Fsp3) is 0.455. The maximum absolute atomic E-state index is 14.3. The number of benzene rings is 1. The van der Waals surface area contributed by atoms with Gasteiger partial charge in [0.1, 0.15) is 11.6 Å². The van der Waals surface area contributed by atoms with Crippen molar-refractivity contribution in [2.24, 2.45) is 5.41 Å². The van der Waals surface area contributed by atoms with Gasteiger partial charge in [-0.1, -0.05) is 6.07 Å². The van der Waals surface area contributed by atoms with Crippen LogP contribution in [0.15, 0.2) is 30.3 Å². The Bertz CT molecular complexity index is 916. The molecule has 1 atom stereocenters. The first-order valence-corrected chi connectivity index (χ1v) is 10.7. The number of rotatable bonds is 7. The third-order valence-electron chi connectivity index (χ3n) is 5.28. The zero-order chi connectivity index (χ0) is 21.7. The van der Waals surface area contributed by atoms with Crippen molar-refractivity contribution >= 4 is 23.2 Å². The molecule has 5 nitrogen and oxygen atoms in total. The van der Waals surface area contributed by atoms with Crippen molar-refractivity contribution < 1.29 is 27.8 Å². The number of carbonyl (C=O) groups is 2. The molecular formula is C22H25F2NO4S. The smallest absolute Gasteiger partial charge is 0.314 e. The van der Waals surface area contributed by atoms with Gasteiger partial charge in [-0.15, -0.1) is 11.3 Å². The highest BCUT2D eigenvalue weighted by atomic mass is 32.1. The molecule has 162 valence electrons. The van der Waals surface area contributed by atoms with Gasteiger partial charge in [0.15, 0.2) is 0 Å². The molecule has 0 radical (unpaired) electrons. The molecule has 1 amide bonds. The molecule has 8 heteroatoms. The summed E-state index contributed by atoms with van der Waals surface area (Å²) in [4.78, 5) is 29.1. The molecule has 3 rings (SSSR count). The van der Waals surface area contributed by atoms with E-state index in [9.17, 15) is 18.4 Å². The average Bonchev–Trinajstić information content (AvgIpc) is 3.19. The number of nitrogens with zero attached hydrogens (tertiary/aromatic N) is 1. The van der Waals surface area contributed by atoms with Gasteiger partial charge in [-0.2, -0.15) is 0 Å². The van der Waals surface area contributed by atoms with Gasteiger partial charge in [-0.05, 0) is 49.9 Å². The number of hydrogen-bond acceptors (Lipinski definition) is 5. The Morgan fingerprint density at radius 3 is 2.73 bits per heavy atom. The molecule has 1 aromatic heterocycles. The highest BCUT2D eigenvalue weighted by molar-refractivity contribution is 7.14. The second-order valence-corrected chi connectivity index (χ2v) is 8.61. The molecule has 0 saturated carbocycles. The molecule has 30 heavy (non-hydrogen) atoms. The number of likely N-dealkylation sites (tertiary alicyclic amines) is 1. The van der Waals surface area contributed by atoms with E-state index in [1.54, 1.807) is 25.0 Å². The Morgan fingerprint density at radius 1 is 1.23 bits per heavy atom. The molecule has 1 aliphatic rings. The van der Waals surface area contributed by atoms with Crippen molar-refractivity contribution in [3.63, 3.8) is 0 Å². The van der Waals surface area contributed by atoms with Crippen molar-refractivity contribution in [1.82, 2.24) is 4.90 Å². The Balaban J connectivity index is 1.86. The van der Waals surface area contributed by atoms with Crippen LogP contribution in [0.4, 0.5) is 8.78 Å². The number of amides is 1. The van der Waals surface area contributed by atoms with Crippen LogP contribution in [0, 0.1) is 17.0 Å². The minimum absolute atomic E-state index is 0.0427. The Hall–Kier alpha value is -2.32. The van der Waals surface area contributed by atoms with E-state index in [1.807, 2.05) is 6.07 Å². The number of halogens is 2. The molecule has 2 heterocycles. The van der Waals surface area contributed by atoms with Crippen molar-refractivity contribution in [3.05, 3.63) is 57.3 Å². The molecule has 1 saturated heterocycles. The van der Waals surface area contributed by atoms with Gasteiger partial charge in [0.25, 0.3) is 5.91 Å². The van der Waals surface area contributed by atoms with E-state index in [2.05, 4.69) is 0 Å². The van der Waals surface area contributed by atoms with Gasteiger partial charge in [0.2, 0.25) is 0 Å². The quantitative estimate of drug-likeness (QED) is 0.610. The molecule has 0 unspecified atom stereocenters. The standard InChI is InChI=1S/C22H25F2NO4S/c1-3-29-21(27)22(12-15-5-6-16(23)11-18(15)24)9-4-10-25(14-22)20(26)19-8-7-17(30-19)13-28-2/h5-8,11H,3-4,9-10,12-14H2,1-2H3/t22-/m1/s1. The zero-order valence-corrected chi connectivity index (χ0v) is 17.9. The van der Waals surface area contributed by atoms with Gasteiger partial charge in [0, 0.05) is 31.1 Å². The maximum atomic E-state index is 14.3. The summed E-state index contributed by atoms with van der Waals surface area (Å²) in [6.07, 6.45) is 1.09. The topological polar surface area (TPSA) is 55.8 Å². The number of piperidine rings is 1. The number of thiophene rings is 1. The number of methoxy groups -OCH3 is 1. The zero-order valence-electron chi connectivity index (χ0n) is 17.1. The van der Waals surface area contributed by atoms with Crippen LogP contribution < -0.4 is 0 Å². The first kappa shape index (κ1) is 22.4. The minimum atomic E-state index is -1.07. The molecule has 0 bridgehead atoms. The lowest BCUT2D eigenvalue weighted by molar-refractivity contribution is -0.158. The van der Waals surface area contributed by atoms with Gasteiger partial charge in [-0.25, -0.2) is 8.78 Å². The fourth-order valence-corrected chi connectivity index (χ4v) is 4.82. The molecule has 0 aliphatic carbocycles. The van der Waals surface area contributed by atoms with E-state index in [0.29, 0.717) is 30.9 Å². The summed E-state index contributed by atoms with van der Waals surface area (Å²) >= 11 is 1.35. The summed E-state index contributed by atoms with van der Waals surface area (Å²) in [6.45, 7) is 2.95. The van der Waals surface area contributed by atoms with Crippen LogP contribution in [0.2, 0.25) is 0 Å². The van der Waals surface area contributed by atoms with Crippen LogP contribution in [-0.2, 0) is 27.3 Å². The Morgan fingerprint density at radius 2 is 2.03 bits per heavy atom. The second kappa shape index (κ2) is 9.66. The molecule has 2 aromatic rings. The molecule has 1 aliphatic heterocycles. The lowest BCUT2D eigenvalue weighted by Gasteiger charge is -2.41. The largest absolute Gasteiger partial charge is 0.466 e.